The number of nitrogens with one attached hydrogen (secondary N) is 2. The summed E-state index contributed by atoms with van der Waals surface area (Å²) >= 11 is 1.54. The summed E-state index contributed by atoms with van der Waals surface area (Å²) in [6.45, 7) is 4.50. The van der Waals surface area contributed by atoms with Crippen LogP contribution in [0.4, 0.5) is 5.82 Å². The van der Waals surface area contributed by atoms with E-state index >= 15 is 0 Å². The Morgan fingerprint density at radius 1 is 1.38 bits per heavy atom. The molecule has 21 heavy (non-hydrogen) atoms. The number of anilines is 1. The molecule has 2 aromatic rings. The predicted molar refractivity (Wildman–Crippen MR) is 84.0 cm³/mol. The highest BCUT2D eigenvalue weighted by atomic mass is 32.2. The first-order chi connectivity index (χ1) is 9.82. The van der Waals surface area contributed by atoms with Crippen molar-refractivity contribution in [1.29, 1.82) is 0 Å². The lowest BCUT2D eigenvalue weighted by molar-refractivity contribution is -0.115. The number of hydrogen-bond donors (Lipinski definition) is 2. The van der Waals surface area contributed by atoms with Gasteiger partial charge in [-0.2, -0.15) is 5.10 Å². The van der Waals surface area contributed by atoms with E-state index in [0.29, 0.717) is 5.82 Å². The van der Waals surface area contributed by atoms with E-state index in [9.17, 15) is 13.2 Å². The van der Waals surface area contributed by atoms with Crippen LogP contribution in [0, 0.1) is 0 Å². The monoisotopic (exact) mass is 327 g/mol. The van der Waals surface area contributed by atoms with E-state index in [0.717, 1.165) is 10.6 Å². The number of amides is 1. The number of aromatic nitrogens is 2. The van der Waals surface area contributed by atoms with Crippen molar-refractivity contribution in [2.45, 2.75) is 31.3 Å². The van der Waals surface area contributed by atoms with E-state index < -0.39 is 26.2 Å². The zero-order valence-corrected chi connectivity index (χ0v) is 13.6. The van der Waals surface area contributed by atoms with Crippen molar-refractivity contribution < 1.29 is 13.2 Å². The number of sulfone groups is 1. The summed E-state index contributed by atoms with van der Waals surface area (Å²) in [4.78, 5) is 13.0. The quantitative estimate of drug-likeness (QED) is 0.881. The number of aromatic amines is 1. The molecule has 2 N–H and O–H groups in total. The smallest absolute Gasteiger partial charge is 0.243 e. The predicted octanol–water partition coefficient (Wildman–Crippen LogP) is 2.29. The van der Waals surface area contributed by atoms with Crippen LogP contribution in [0.25, 0.3) is 10.6 Å². The minimum Gasteiger partial charge on any atom is -0.308 e. The van der Waals surface area contributed by atoms with Gasteiger partial charge in [-0.05, 0) is 32.2 Å². The van der Waals surface area contributed by atoms with Crippen molar-refractivity contribution in [3.8, 4) is 10.6 Å². The molecule has 0 saturated carbocycles. The molecule has 1 amide bonds. The molecule has 0 spiro atoms. The second kappa shape index (κ2) is 5.98. The van der Waals surface area contributed by atoms with Gasteiger partial charge >= 0.3 is 0 Å². The molecule has 0 aliphatic carbocycles. The van der Waals surface area contributed by atoms with E-state index in [-0.39, 0.29) is 0 Å². The maximum Gasteiger partial charge on any atom is 0.243 e. The van der Waals surface area contributed by atoms with Crippen LogP contribution < -0.4 is 5.32 Å². The summed E-state index contributed by atoms with van der Waals surface area (Å²) in [5, 5.41) is 9.54. The molecule has 0 aliphatic rings. The maximum atomic E-state index is 12.0. The third-order valence-corrected chi connectivity index (χ3v) is 6.55. The van der Waals surface area contributed by atoms with Gasteiger partial charge in [-0.25, -0.2) is 8.42 Å². The number of nitrogens with zero attached hydrogens (tertiary/aromatic N) is 1. The lowest BCUT2D eigenvalue weighted by Crippen LogP contribution is -2.36. The molecule has 8 heteroatoms. The summed E-state index contributed by atoms with van der Waals surface area (Å²) < 4.78 is 23.9. The fourth-order valence-corrected chi connectivity index (χ4v) is 3.60. The minimum atomic E-state index is -3.48. The molecular weight excluding hydrogens is 310 g/mol. The molecule has 6 nitrogen and oxygen atoms in total. The van der Waals surface area contributed by atoms with Crippen LogP contribution >= 0.6 is 11.3 Å². The molecule has 0 fully saturated rings. The summed E-state index contributed by atoms with van der Waals surface area (Å²) in [6, 6.07) is 5.52. The normalized spacial score (nSPS) is 13.3. The van der Waals surface area contributed by atoms with Crippen LogP contribution in [0.15, 0.2) is 23.6 Å². The number of thiophene rings is 1. The lowest BCUT2D eigenvalue weighted by atomic mass is 10.3. The number of carbonyl (C=O) groups excluding carboxylic acids is 1. The highest BCUT2D eigenvalue weighted by Gasteiger charge is 2.31. The Morgan fingerprint density at radius 3 is 2.67 bits per heavy atom. The average molecular weight is 327 g/mol. The Morgan fingerprint density at radius 2 is 2.10 bits per heavy atom. The summed E-state index contributed by atoms with van der Waals surface area (Å²) in [6.07, 6.45) is 0. The van der Waals surface area contributed by atoms with Gasteiger partial charge in [0.25, 0.3) is 0 Å². The molecule has 114 valence electrons. The second-order valence-corrected chi connectivity index (χ2v) is 8.69. The fourth-order valence-electron chi connectivity index (χ4n) is 1.73. The first-order valence-electron chi connectivity index (χ1n) is 6.45. The van der Waals surface area contributed by atoms with Crippen LogP contribution in [0.1, 0.15) is 20.8 Å². The molecule has 0 aliphatic heterocycles. The number of hydrogen-bond acceptors (Lipinski definition) is 5. The Balaban J connectivity index is 2.10. The van der Waals surface area contributed by atoms with Gasteiger partial charge in [0.2, 0.25) is 5.91 Å². The van der Waals surface area contributed by atoms with E-state index in [4.69, 9.17) is 0 Å². The summed E-state index contributed by atoms with van der Waals surface area (Å²) in [5.41, 5.74) is 0.777. The van der Waals surface area contributed by atoms with E-state index in [1.807, 2.05) is 17.5 Å². The number of carbonyl (C=O) groups is 1. The van der Waals surface area contributed by atoms with Crippen molar-refractivity contribution in [3.63, 3.8) is 0 Å². The zero-order valence-electron chi connectivity index (χ0n) is 12.0. The third-order valence-electron chi connectivity index (χ3n) is 3.13. The largest absolute Gasteiger partial charge is 0.308 e. The Labute approximate surface area is 127 Å². The lowest BCUT2D eigenvalue weighted by Gasteiger charge is -2.14. The Kier molecular flexibility index (Phi) is 4.48. The van der Waals surface area contributed by atoms with Crippen molar-refractivity contribution in [3.05, 3.63) is 23.6 Å². The number of rotatable bonds is 5. The fraction of sp³-hybridized carbons (Fsp3) is 0.385. The van der Waals surface area contributed by atoms with Gasteiger partial charge in [0.1, 0.15) is 5.25 Å². The van der Waals surface area contributed by atoms with Gasteiger partial charge in [-0.1, -0.05) is 6.07 Å². The molecule has 0 unspecified atom stereocenters. The van der Waals surface area contributed by atoms with Crippen molar-refractivity contribution >= 4 is 32.9 Å². The van der Waals surface area contributed by atoms with Crippen LogP contribution in [-0.2, 0) is 14.6 Å². The molecule has 2 rings (SSSR count). The van der Waals surface area contributed by atoms with Gasteiger partial charge in [-0.15, -0.1) is 11.3 Å². The highest BCUT2D eigenvalue weighted by Crippen LogP contribution is 2.24. The summed E-state index contributed by atoms with van der Waals surface area (Å²) in [5.74, 6) is -0.262. The average Bonchev–Trinajstić information content (AvgIpc) is 3.07. The van der Waals surface area contributed by atoms with Crippen LogP contribution in [0.2, 0.25) is 0 Å². The Bertz CT molecular complexity index is 718. The molecule has 0 aromatic carbocycles. The summed E-state index contributed by atoms with van der Waals surface area (Å²) in [7, 11) is -3.48. The van der Waals surface area contributed by atoms with Crippen molar-refractivity contribution in [1.82, 2.24) is 10.2 Å². The first-order valence-corrected chi connectivity index (χ1v) is 8.94. The van der Waals surface area contributed by atoms with Gasteiger partial charge in [0, 0.05) is 6.07 Å². The number of H-pyrrole nitrogens is 1. The minimum absolute atomic E-state index is 0.314. The van der Waals surface area contributed by atoms with Gasteiger partial charge in [0.15, 0.2) is 15.7 Å². The Hall–Kier alpha value is -1.67. The van der Waals surface area contributed by atoms with E-state index in [2.05, 4.69) is 15.5 Å². The second-order valence-electron chi connectivity index (χ2n) is 4.91. The van der Waals surface area contributed by atoms with Crippen LogP contribution in [0.5, 0.6) is 0 Å². The van der Waals surface area contributed by atoms with E-state index in [1.54, 1.807) is 31.3 Å². The van der Waals surface area contributed by atoms with Gasteiger partial charge in [0.05, 0.1) is 15.8 Å². The SMILES string of the molecule is CC(C)S(=O)(=O)[C@H](C)C(=O)Nc1cc(-c2cccs2)[nH]n1. The molecule has 1 atom stereocenters. The maximum absolute atomic E-state index is 12.0. The standard InChI is InChI=1S/C13H17N3O3S2/c1-8(2)21(18,19)9(3)13(17)14-12-7-10(15-16-12)11-5-4-6-20-11/h4-9H,1-3H3,(H2,14,15,16,17)/t9-/m1/s1. The van der Waals surface area contributed by atoms with Gasteiger partial charge in [-0.3, -0.25) is 9.89 Å². The first kappa shape index (κ1) is 15.7. The zero-order chi connectivity index (χ0) is 15.6. The van der Waals surface area contributed by atoms with Crippen molar-refractivity contribution in [2.24, 2.45) is 0 Å². The topological polar surface area (TPSA) is 91.9 Å². The molecule has 0 saturated heterocycles. The van der Waals surface area contributed by atoms with E-state index in [1.165, 1.54) is 6.92 Å². The molecular formula is C13H17N3O3S2. The molecule has 0 bridgehead atoms. The van der Waals surface area contributed by atoms with Crippen LogP contribution in [-0.4, -0.2) is 35.0 Å². The third kappa shape index (κ3) is 3.33. The molecule has 2 aromatic heterocycles. The van der Waals surface area contributed by atoms with Crippen LogP contribution in [0.3, 0.4) is 0 Å². The van der Waals surface area contributed by atoms with Gasteiger partial charge < -0.3 is 5.32 Å². The van der Waals surface area contributed by atoms with Crippen molar-refractivity contribution in [2.75, 3.05) is 5.32 Å². The molecule has 2 heterocycles. The highest BCUT2D eigenvalue weighted by molar-refractivity contribution is 7.93. The molecule has 0 radical (unpaired) electrons.